The lowest BCUT2D eigenvalue weighted by atomic mass is 9.95. The maximum absolute atomic E-state index is 13.5. The average molecular weight is 334 g/mol. The minimum Gasteiger partial charge on any atom is -0.481 e. The fourth-order valence-corrected chi connectivity index (χ4v) is 3.46. The Bertz CT molecular complexity index is 539. The lowest BCUT2D eigenvalue weighted by Crippen LogP contribution is -2.30. The van der Waals surface area contributed by atoms with Crippen LogP contribution in [-0.4, -0.2) is 17.6 Å². The summed E-state index contributed by atoms with van der Waals surface area (Å²) >= 11 is 11.8. The molecule has 0 spiro atoms. The first-order chi connectivity index (χ1) is 9.90. The van der Waals surface area contributed by atoms with Gasteiger partial charge in [-0.1, -0.05) is 29.6 Å². The molecule has 1 aliphatic carbocycles. The largest absolute Gasteiger partial charge is 0.481 e. The third kappa shape index (κ3) is 3.87. The molecule has 0 aromatic heterocycles. The third-order valence-electron chi connectivity index (χ3n) is 4.17. The fourth-order valence-electron chi connectivity index (χ4n) is 2.91. The number of hydrogen-bond acceptors (Lipinski definition) is 2. The van der Waals surface area contributed by atoms with Gasteiger partial charge in [-0.05, 0) is 49.9 Å². The van der Waals surface area contributed by atoms with Crippen molar-refractivity contribution in [3.63, 3.8) is 0 Å². The number of nitrogens with one attached hydrogen (secondary N) is 1. The predicted molar refractivity (Wildman–Crippen MR) is 81.3 cm³/mol. The molecule has 1 saturated carbocycles. The molecule has 0 bridgehead atoms. The Hall–Kier alpha value is -0.840. The highest BCUT2D eigenvalue weighted by atomic mass is 35.5. The van der Waals surface area contributed by atoms with Crippen molar-refractivity contribution in [2.24, 2.45) is 11.8 Å². The van der Waals surface area contributed by atoms with E-state index in [1.165, 1.54) is 12.1 Å². The van der Waals surface area contributed by atoms with Gasteiger partial charge >= 0.3 is 5.97 Å². The van der Waals surface area contributed by atoms with Gasteiger partial charge in [0, 0.05) is 11.1 Å². The molecular weight excluding hydrogens is 316 g/mol. The van der Waals surface area contributed by atoms with Gasteiger partial charge in [-0.2, -0.15) is 0 Å². The van der Waals surface area contributed by atoms with E-state index in [9.17, 15) is 9.18 Å². The molecule has 0 saturated heterocycles. The Morgan fingerprint density at radius 2 is 2.14 bits per heavy atom. The van der Waals surface area contributed by atoms with Crippen LogP contribution in [0.1, 0.15) is 37.8 Å². The van der Waals surface area contributed by atoms with E-state index in [4.69, 9.17) is 28.3 Å². The van der Waals surface area contributed by atoms with E-state index in [1.54, 1.807) is 0 Å². The molecule has 3 nitrogen and oxygen atoms in total. The third-order valence-corrected chi connectivity index (χ3v) is 4.79. The van der Waals surface area contributed by atoms with Crippen LogP contribution in [0.5, 0.6) is 0 Å². The first kappa shape index (κ1) is 16.5. The molecule has 1 aromatic carbocycles. The van der Waals surface area contributed by atoms with Crippen molar-refractivity contribution in [3.8, 4) is 0 Å². The summed E-state index contributed by atoms with van der Waals surface area (Å²) in [4.78, 5) is 11.1. The summed E-state index contributed by atoms with van der Waals surface area (Å²) in [6.07, 6.45) is 2.57. The molecule has 1 aliphatic rings. The van der Waals surface area contributed by atoms with Gasteiger partial charge in [0.05, 0.1) is 10.9 Å². The summed E-state index contributed by atoms with van der Waals surface area (Å²) in [5.74, 6) is -1.42. The van der Waals surface area contributed by atoms with Crippen LogP contribution in [-0.2, 0) is 4.79 Å². The van der Waals surface area contributed by atoms with E-state index in [0.29, 0.717) is 17.1 Å². The number of hydrogen-bond donors (Lipinski definition) is 2. The van der Waals surface area contributed by atoms with E-state index < -0.39 is 11.8 Å². The minimum atomic E-state index is -0.734. The highest BCUT2D eigenvalue weighted by Gasteiger charge is 2.32. The highest BCUT2D eigenvalue weighted by Crippen LogP contribution is 2.33. The van der Waals surface area contributed by atoms with Crippen molar-refractivity contribution in [3.05, 3.63) is 33.6 Å². The fraction of sp³-hybridized carbons (Fsp3) is 0.533. The van der Waals surface area contributed by atoms with E-state index in [1.807, 2.05) is 6.92 Å². The molecule has 0 amide bonds. The van der Waals surface area contributed by atoms with Gasteiger partial charge in [-0.25, -0.2) is 4.39 Å². The van der Waals surface area contributed by atoms with Crippen LogP contribution in [0.25, 0.3) is 0 Å². The number of benzene rings is 1. The van der Waals surface area contributed by atoms with Gasteiger partial charge in [0.1, 0.15) is 5.82 Å². The number of halogens is 3. The van der Waals surface area contributed by atoms with Crippen molar-refractivity contribution in [1.29, 1.82) is 0 Å². The molecule has 0 aliphatic heterocycles. The zero-order valence-electron chi connectivity index (χ0n) is 11.7. The molecule has 1 aromatic rings. The smallest absolute Gasteiger partial charge is 0.306 e. The highest BCUT2D eigenvalue weighted by molar-refractivity contribution is 6.35. The van der Waals surface area contributed by atoms with Gasteiger partial charge in [-0.3, -0.25) is 4.79 Å². The second-order valence-electron chi connectivity index (χ2n) is 5.55. The first-order valence-corrected chi connectivity index (χ1v) is 7.76. The van der Waals surface area contributed by atoms with Crippen LogP contribution in [0.4, 0.5) is 4.39 Å². The SMILES string of the molecule is CC(NCC1CCCC1C(=O)O)c1cc(F)c(Cl)cc1Cl. The van der Waals surface area contributed by atoms with Gasteiger partial charge in [-0.15, -0.1) is 0 Å². The number of carboxylic acids is 1. The summed E-state index contributed by atoms with van der Waals surface area (Å²) in [5.41, 5.74) is 0.628. The lowest BCUT2D eigenvalue weighted by molar-refractivity contribution is -0.142. The van der Waals surface area contributed by atoms with Crippen molar-refractivity contribution < 1.29 is 14.3 Å². The molecule has 21 heavy (non-hydrogen) atoms. The van der Waals surface area contributed by atoms with Crippen LogP contribution >= 0.6 is 23.2 Å². The Balaban J connectivity index is 2.00. The predicted octanol–water partition coefficient (Wildman–Crippen LogP) is 4.28. The maximum atomic E-state index is 13.5. The second-order valence-corrected chi connectivity index (χ2v) is 6.37. The monoisotopic (exact) mass is 333 g/mol. The summed E-state index contributed by atoms with van der Waals surface area (Å²) in [6, 6.07) is 2.55. The minimum absolute atomic E-state index is 0.00214. The summed E-state index contributed by atoms with van der Waals surface area (Å²) < 4.78 is 13.5. The van der Waals surface area contributed by atoms with Crippen LogP contribution in [0.3, 0.4) is 0 Å². The van der Waals surface area contributed by atoms with Crippen molar-refractivity contribution in [2.75, 3.05) is 6.54 Å². The molecule has 3 atom stereocenters. The second kappa shape index (κ2) is 6.95. The van der Waals surface area contributed by atoms with E-state index in [0.717, 1.165) is 19.3 Å². The molecule has 2 N–H and O–H groups in total. The number of aliphatic carboxylic acids is 1. The van der Waals surface area contributed by atoms with Crippen LogP contribution in [0.2, 0.25) is 10.0 Å². The van der Waals surface area contributed by atoms with Crippen molar-refractivity contribution >= 4 is 29.2 Å². The summed E-state index contributed by atoms with van der Waals surface area (Å²) in [6.45, 7) is 2.46. The molecule has 0 radical (unpaired) electrons. The zero-order valence-corrected chi connectivity index (χ0v) is 13.2. The summed E-state index contributed by atoms with van der Waals surface area (Å²) in [5, 5.41) is 12.8. The Kier molecular flexibility index (Phi) is 5.47. The Morgan fingerprint density at radius 1 is 1.43 bits per heavy atom. The standard InChI is InChI=1S/C15H18Cl2FNO2/c1-8(11-5-14(18)13(17)6-12(11)16)19-7-9-3-2-4-10(9)15(20)21/h5-6,8-10,19H,2-4,7H2,1H3,(H,20,21). The Morgan fingerprint density at radius 3 is 2.81 bits per heavy atom. The lowest BCUT2D eigenvalue weighted by Gasteiger charge is -2.21. The van der Waals surface area contributed by atoms with E-state index in [2.05, 4.69) is 5.32 Å². The van der Waals surface area contributed by atoms with E-state index in [-0.39, 0.29) is 22.9 Å². The zero-order chi connectivity index (χ0) is 15.6. The van der Waals surface area contributed by atoms with Gasteiger partial charge in [0.2, 0.25) is 0 Å². The normalized spacial score (nSPS) is 23.2. The molecular formula is C15H18Cl2FNO2. The molecule has 116 valence electrons. The topological polar surface area (TPSA) is 49.3 Å². The number of carbonyl (C=O) groups is 1. The van der Waals surface area contributed by atoms with Crippen molar-refractivity contribution in [1.82, 2.24) is 5.32 Å². The number of rotatable bonds is 5. The molecule has 6 heteroatoms. The Labute approximate surface area is 133 Å². The van der Waals surface area contributed by atoms with Gasteiger partial charge in [0.15, 0.2) is 0 Å². The molecule has 1 fully saturated rings. The maximum Gasteiger partial charge on any atom is 0.306 e. The van der Waals surface area contributed by atoms with Crippen LogP contribution in [0, 0.1) is 17.7 Å². The summed E-state index contributed by atoms with van der Waals surface area (Å²) in [7, 11) is 0. The van der Waals surface area contributed by atoms with Crippen molar-refractivity contribution in [2.45, 2.75) is 32.2 Å². The molecule has 3 unspecified atom stereocenters. The van der Waals surface area contributed by atoms with Crippen LogP contribution in [0.15, 0.2) is 12.1 Å². The quantitative estimate of drug-likeness (QED) is 0.790. The van der Waals surface area contributed by atoms with Gasteiger partial charge < -0.3 is 10.4 Å². The molecule has 2 rings (SSSR count). The van der Waals surface area contributed by atoms with E-state index >= 15 is 0 Å². The number of carboxylic acid groups (broad SMARTS) is 1. The van der Waals surface area contributed by atoms with Crippen LogP contribution < -0.4 is 5.32 Å². The average Bonchev–Trinajstić information content (AvgIpc) is 2.88. The first-order valence-electron chi connectivity index (χ1n) is 7.00. The molecule has 0 heterocycles. The van der Waals surface area contributed by atoms with Gasteiger partial charge in [0.25, 0.3) is 0 Å².